The molecule has 0 amide bonds. The van der Waals surface area contributed by atoms with Crippen molar-refractivity contribution in [3.63, 3.8) is 0 Å². The molecule has 1 heterocycles. The van der Waals surface area contributed by atoms with Crippen LogP contribution in [0.15, 0.2) is 0 Å². The van der Waals surface area contributed by atoms with E-state index in [1.54, 1.807) is 0 Å². The molecule has 0 saturated carbocycles. The van der Waals surface area contributed by atoms with Crippen LogP contribution in [0.25, 0.3) is 0 Å². The topological polar surface area (TPSA) is 32.3 Å². The Morgan fingerprint density at radius 2 is 2.08 bits per heavy atom. The Hall–Kier alpha value is 0.0700. The zero-order chi connectivity index (χ0) is 8.81. The highest BCUT2D eigenvalue weighted by Gasteiger charge is 2.13. The smallest absolute Gasteiger partial charge is 0.0363 e. The van der Waals surface area contributed by atoms with Gasteiger partial charge in [-0.05, 0) is 6.54 Å². The molecule has 1 saturated heterocycles. The van der Waals surface area contributed by atoms with Gasteiger partial charge < -0.3 is 10.2 Å². The molecule has 0 atom stereocenters. The fourth-order valence-electron chi connectivity index (χ4n) is 1.31. The molecule has 1 N–H and O–H groups in total. The average Bonchev–Trinajstić information content (AvgIpc) is 2.09. The van der Waals surface area contributed by atoms with E-state index in [9.17, 15) is 4.21 Å². The van der Waals surface area contributed by atoms with E-state index in [4.69, 9.17) is 0 Å². The second-order valence-corrected chi connectivity index (χ2v) is 4.74. The SMILES string of the molecule is CCNCCN1CCS(=O)CC1. The molecule has 12 heavy (non-hydrogen) atoms. The fourth-order valence-corrected chi connectivity index (χ4v) is 2.44. The normalized spacial score (nSPS) is 21.4. The van der Waals surface area contributed by atoms with Crippen molar-refractivity contribution < 1.29 is 4.21 Å². The molecular formula is C8H18N2OS. The molecule has 0 aromatic rings. The van der Waals surface area contributed by atoms with Crippen LogP contribution in [0.1, 0.15) is 6.92 Å². The molecule has 1 fully saturated rings. The number of nitrogens with zero attached hydrogens (tertiary/aromatic N) is 1. The van der Waals surface area contributed by atoms with Gasteiger partial charge in [0.05, 0.1) is 0 Å². The Kier molecular flexibility index (Phi) is 4.80. The van der Waals surface area contributed by atoms with Crippen LogP contribution in [0, 0.1) is 0 Å². The van der Waals surface area contributed by atoms with Gasteiger partial charge in [0.15, 0.2) is 0 Å². The Balaban J connectivity index is 2.05. The van der Waals surface area contributed by atoms with E-state index in [1.165, 1.54) is 0 Å². The molecule has 0 radical (unpaired) electrons. The second kappa shape index (κ2) is 5.67. The van der Waals surface area contributed by atoms with E-state index >= 15 is 0 Å². The second-order valence-electron chi connectivity index (χ2n) is 3.04. The third kappa shape index (κ3) is 3.65. The van der Waals surface area contributed by atoms with Crippen LogP contribution < -0.4 is 5.32 Å². The van der Waals surface area contributed by atoms with E-state index in [0.29, 0.717) is 0 Å². The maximum Gasteiger partial charge on any atom is 0.0363 e. The minimum absolute atomic E-state index is 0.530. The summed E-state index contributed by atoms with van der Waals surface area (Å²) in [5, 5.41) is 3.29. The molecule has 0 unspecified atom stereocenters. The van der Waals surface area contributed by atoms with Crippen LogP contribution in [0.2, 0.25) is 0 Å². The summed E-state index contributed by atoms with van der Waals surface area (Å²) < 4.78 is 11.0. The van der Waals surface area contributed by atoms with Crippen LogP contribution in [0.3, 0.4) is 0 Å². The molecule has 3 nitrogen and oxygen atoms in total. The Bertz CT molecular complexity index is 142. The summed E-state index contributed by atoms with van der Waals surface area (Å²) >= 11 is 0. The highest BCUT2D eigenvalue weighted by Crippen LogP contribution is 1.98. The first-order valence-corrected chi connectivity index (χ1v) is 6.09. The molecule has 1 rings (SSSR count). The van der Waals surface area contributed by atoms with E-state index in [-0.39, 0.29) is 0 Å². The maximum absolute atomic E-state index is 11.0. The summed E-state index contributed by atoms with van der Waals surface area (Å²) in [6.45, 7) is 7.34. The van der Waals surface area contributed by atoms with Crippen molar-refractivity contribution in [2.24, 2.45) is 0 Å². The maximum atomic E-state index is 11.0. The summed E-state index contributed by atoms with van der Waals surface area (Å²) in [6, 6.07) is 0. The lowest BCUT2D eigenvalue weighted by molar-refractivity contribution is 0.299. The van der Waals surface area contributed by atoms with Gasteiger partial charge in [0.25, 0.3) is 0 Å². The first-order valence-electron chi connectivity index (χ1n) is 4.61. The van der Waals surface area contributed by atoms with Gasteiger partial charge in [-0.3, -0.25) is 4.21 Å². The minimum Gasteiger partial charge on any atom is -0.316 e. The number of hydrogen-bond donors (Lipinski definition) is 1. The van der Waals surface area contributed by atoms with Crippen LogP contribution in [-0.2, 0) is 10.8 Å². The van der Waals surface area contributed by atoms with Crippen molar-refractivity contribution in [1.82, 2.24) is 10.2 Å². The molecule has 0 aromatic heterocycles. The Morgan fingerprint density at radius 3 is 2.67 bits per heavy atom. The van der Waals surface area contributed by atoms with Gasteiger partial charge in [0, 0.05) is 48.5 Å². The zero-order valence-electron chi connectivity index (χ0n) is 7.71. The summed E-state index contributed by atoms with van der Waals surface area (Å²) in [6.07, 6.45) is 0. The molecule has 0 bridgehead atoms. The van der Waals surface area contributed by atoms with Crippen LogP contribution in [0.4, 0.5) is 0 Å². The lowest BCUT2D eigenvalue weighted by Crippen LogP contribution is -2.41. The zero-order valence-corrected chi connectivity index (χ0v) is 8.53. The predicted molar refractivity (Wildman–Crippen MR) is 52.9 cm³/mol. The molecule has 72 valence electrons. The summed E-state index contributed by atoms with van der Waals surface area (Å²) in [5.74, 6) is 1.73. The third-order valence-corrected chi connectivity index (χ3v) is 3.40. The summed E-state index contributed by atoms with van der Waals surface area (Å²) in [7, 11) is -0.530. The van der Waals surface area contributed by atoms with Gasteiger partial charge in [0.2, 0.25) is 0 Å². The highest BCUT2D eigenvalue weighted by atomic mass is 32.2. The van der Waals surface area contributed by atoms with Gasteiger partial charge in [-0.2, -0.15) is 0 Å². The standard InChI is InChI=1S/C8H18N2OS/c1-2-9-3-4-10-5-7-12(11)8-6-10/h9H,2-8H2,1H3. The van der Waals surface area contributed by atoms with E-state index in [0.717, 1.165) is 44.2 Å². The Labute approximate surface area is 77.0 Å². The molecule has 0 aromatic carbocycles. The van der Waals surface area contributed by atoms with Crippen molar-refractivity contribution in [1.29, 1.82) is 0 Å². The van der Waals surface area contributed by atoms with Crippen molar-refractivity contribution in [3.8, 4) is 0 Å². The molecular weight excluding hydrogens is 172 g/mol. The monoisotopic (exact) mass is 190 g/mol. The molecule has 0 aliphatic carbocycles. The van der Waals surface area contributed by atoms with E-state index < -0.39 is 10.8 Å². The van der Waals surface area contributed by atoms with E-state index in [1.807, 2.05) is 0 Å². The van der Waals surface area contributed by atoms with E-state index in [2.05, 4.69) is 17.1 Å². The molecule has 0 spiro atoms. The molecule has 4 heteroatoms. The van der Waals surface area contributed by atoms with Crippen molar-refractivity contribution in [3.05, 3.63) is 0 Å². The van der Waals surface area contributed by atoms with Crippen molar-refractivity contribution in [2.75, 3.05) is 44.2 Å². The highest BCUT2D eigenvalue weighted by molar-refractivity contribution is 7.85. The lowest BCUT2D eigenvalue weighted by Gasteiger charge is -2.25. The number of hydrogen-bond acceptors (Lipinski definition) is 3. The van der Waals surface area contributed by atoms with Crippen LogP contribution >= 0.6 is 0 Å². The minimum atomic E-state index is -0.530. The van der Waals surface area contributed by atoms with Crippen molar-refractivity contribution >= 4 is 10.8 Å². The average molecular weight is 190 g/mol. The molecule has 1 aliphatic rings. The lowest BCUT2D eigenvalue weighted by atomic mass is 10.4. The quantitative estimate of drug-likeness (QED) is 0.616. The van der Waals surface area contributed by atoms with Gasteiger partial charge >= 0.3 is 0 Å². The van der Waals surface area contributed by atoms with Gasteiger partial charge in [-0.15, -0.1) is 0 Å². The molecule has 1 aliphatic heterocycles. The largest absolute Gasteiger partial charge is 0.316 e. The summed E-state index contributed by atoms with van der Waals surface area (Å²) in [5.41, 5.74) is 0. The number of likely N-dealkylation sites (N-methyl/N-ethyl adjacent to an activating group) is 1. The first kappa shape index (κ1) is 10.2. The predicted octanol–water partition coefficient (Wildman–Crippen LogP) is -0.340. The van der Waals surface area contributed by atoms with Gasteiger partial charge in [-0.25, -0.2) is 0 Å². The number of nitrogens with one attached hydrogen (secondary N) is 1. The third-order valence-electron chi connectivity index (χ3n) is 2.13. The number of rotatable bonds is 4. The van der Waals surface area contributed by atoms with Crippen LogP contribution in [0.5, 0.6) is 0 Å². The Morgan fingerprint density at radius 1 is 1.42 bits per heavy atom. The first-order chi connectivity index (χ1) is 5.83. The summed E-state index contributed by atoms with van der Waals surface area (Å²) in [4.78, 5) is 2.38. The van der Waals surface area contributed by atoms with Gasteiger partial charge in [-0.1, -0.05) is 6.92 Å². The van der Waals surface area contributed by atoms with Gasteiger partial charge in [0.1, 0.15) is 0 Å². The van der Waals surface area contributed by atoms with Crippen LogP contribution in [-0.4, -0.2) is 53.3 Å². The fraction of sp³-hybridized carbons (Fsp3) is 1.00. The van der Waals surface area contributed by atoms with Crippen molar-refractivity contribution in [2.45, 2.75) is 6.92 Å².